The molecule has 2 unspecified atom stereocenters. The summed E-state index contributed by atoms with van der Waals surface area (Å²) in [6.07, 6.45) is 7.01. The van der Waals surface area contributed by atoms with Crippen LogP contribution >= 0.6 is 0 Å². The normalized spacial score (nSPS) is 35.0. The minimum Gasteiger partial charge on any atom is -0.369 e. The number of hydrogen-bond acceptors (Lipinski definition) is 4. The summed E-state index contributed by atoms with van der Waals surface area (Å²) in [6.45, 7) is 1.76. The first-order chi connectivity index (χ1) is 15.1. The Morgan fingerprint density at radius 2 is 1.66 bits per heavy atom. The molecule has 2 amide bonds. The molecule has 7 nitrogen and oxygen atoms in total. The highest BCUT2D eigenvalue weighted by Gasteiger charge is 2.59. The van der Waals surface area contributed by atoms with E-state index in [9.17, 15) is 18.0 Å². The van der Waals surface area contributed by atoms with E-state index in [0.29, 0.717) is 24.3 Å². The number of carbonyl (C=O) groups is 2. The molecule has 174 valence electrons. The average Bonchev–Trinajstić information content (AvgIpc) is 3.19. The van der Waals surface area contributed by atoms with Gasteiger partial charge in [0.2, 0.25) is 21.8 Å². The van der Waals surface area contributed by atoms with Crippen molar-refractivity contribution in [3.8, 4) is 0 Å². The van der Waals surface area contributed by atoms with Gasteiger partial charge in [0.25, 0.3) is 0 Å². The number of nitrogens with one attached hydrogen (secondary N) is 2. The predicted octanol–water partition coefficient (Wildman–Crippen LogP) is 2.38. The fourth-order valence-electron chi connectivity index (χ4n) is 7.38. The van der Waals surface area contributed by atoms with Crippen molar-refractivity contribution in [2.75, 3.05) is 0 Å². The Morgan fingerprint density at radius 1 is 1.03 bits per heavy atom. The Balaban J connectivity index is 1.37. The lowest BCUT2D eigenvalue weighted by atomic mass is 9.47. The highest BCUT2D eigenvalue weighted by molar-refractivity contribution is 7.89. The second-order valence-electron chi connectivity index (χ2n) is 10.8. The maximum Gasteiger partial charge on any atom is 0.241 e. The maximum atomic E-state index is 13.6. The fraction of sp³-hybridized carbons (Fsp3) is 0.667. The van der Waals surface area contributed by atoms with Gasteiger partial charge in [-0.05, 0) is 81.3 Å². The first-order valence-electron chi connectivity index (χ1n) is 11.8. The summed E-state index contributed by atoms with van der Waals surface area (Å²) in [5.74, 6) is 0.582. The summed E-state index contributed by atoms with van der Waals surface area (Å²) in [4.78, 5) is 26.1. The third-order valence-electron chi connectivity index (χ3n) is 8.70. The lowest BCUT2D eigenvalue weighted by Gasteiger charge is -2.59. The molecular weight excluding hydrogens is 426 g/mol. The standard InChI is InChI=1S/C24H33N3O4S/c1-15-6-2-3-7-19(15)32(30,31)27-24(8-4-5-9-24)22(29)26-20-17-10-16-11-18(20)14-23(12-16,13-17)21(25)28/h2-3,6-7,16-18,20,27H,4-5,8-14H2,1H3,(H2,25,28)(H,26,29). The summed E-state index contributed by atoms with van der Waals surface area (Å²) in [5.41, 5.74) is 4.93. The van der Waals surface area contributed by atoms with Crippen molar-refractivity contribution in [2.45, 2.75) is 81.2 Å². The van der Waals surface area contributed by atoms with E-state index in [1.54, 1.807) is 31.2 Å². The van der Waals surface area contributed by atoms with Crippen LogP contribution in [0.3, 0.4) is 0 Å². The summed E-state index contributed by atoms with van der Waals surface area (Å²) < 4.78 is 29.3. The number of primary amides is 1. The highest BCUT2D eigenvalue weighted by atomic mass is 32.2. The summed E-state index contributed by atoms with van der Waals surface area (Å²) in [7, 11) is -3.83. The molecule has 8 heteroatoms. The number of rotatable bonds is 6. The van der Waals surface area contributed by atoms with Crippen LogP contribution in [0.1, 0.15) is 63.4 Å². The quantitative estimate of drug-likeness (QED) is 0.605. The van der Waals surface area contributed by atoms with Gasteiger partial charge >= 0.3 is 0 Å². The predicted molar refractivity (Wildman–Crippen MR) is 120 cm³/mol. The molecule has 32 heavy (non-hydrogen) atoms. The van der Waals surface area contributed by atoms with Gasteiger partial charge in [-0.1, -0.05) is 31.0 Å². The van der Waals surface area contributed by atoms with E-state index >= 15 is 0 Å². The number of hydrogen-bond donors (Lipinski definition) is 3. The van der Waals surface area contributed by atoms with Crippen molar-refractivity contribution < 1.29 is 18.0 Å². The Labute approximate surface area is 190 Å². The molecule has 0 radical (unpaired) electrons. The number of benzene rings is 1. The lowest BCUT2D eigenvalue weighted by molar-refractivity contribution is -0.148. The van der Waals surface area contributed by atoms with E-state index in [2.05, 4.69) is 10.0 Å². The van der Waals surface area contributed by atoms with Crippen LogP contribution in [0.4, 0.5) is 0 Å². The number of nitrogens with two attached hydrogens (primary N) is 1. The molecule has 2 atom stereocenters. The van der Waals surface area contributed by atoms with Crippen molar-refractivity contribution in [1.82, 2.24) is 10.0 Å². The van der Waals surface area contributed by atoms with E-state index in [1.165, 1.54) is 0 Å². The van der Waals surface area contributed by atoms with Crippen LogP contribution in [0.25, 0.3) is 0 Å². The fourth-order valence-corrected chi connectivity index (χ4v) is 9.05. The van der Waals surface area contributed by atoms with Crippen LogP contribution in [0, 0.1) is 30.1 Å². The van der Waals surface area contributed by atoms with Crippen LogP contribution in [0.15, 0.2) is 29.2 Å². The Morgan fingerprint density at radius 3 is 2.25 bits per heavy atom. The van der Waals surface area contributed by atoms with Crippen molar-refractivity contribution in [3.63, 3.8) is 0 Å². The molecule has 0 aromatic heterocycles. The SMILES string of the molecule is Cc1ccccc1S(=O)(=O)NC1(C(=O)NC2C3CC4CC2CC(C(N)=O)(C4)C3)CCCC1. The molecule has 5 fully saturated rings. The van der Waals surface area contributed by atoms with Crippen molar-refractivity contribution >= 4 is 21.8 Å². The molecule has 0 spiro atoms. The smallest absolute Gasteiger partial charge is 0.241 e. The molecule has 4 bridgehead atoms. The molecule has 0 aliphatic heterocycles. The van der Waals surface area contributed by atoms with Gasteiger partial charge in [0.1, 0.15) is 5.54 Å². The molecule has 0 heterocycles. The van der Waals surface area contributed by atoms with Gasteiger partial charge in [-0.2, -0.15) is 4.72 Å². The Bertz CT molecular complexity index is 1030. The first kappa shape index (κ1) is 21.9. The minimum absolute atomic E-state index is 0.00744. The zero-order valence-corrected chi connectivity index (χ0v) is 19.4. The number of carbonyl (C=O) groups excluding carboxylic acids is 2. The van der Waals surface area contributed by atoms with Crippen molar-refractivity contribution in [2.24, 2.45) is 28.9 Å². The zero-order valence-electron chi connectivity index (χ0n) is 18.6. The number of aryl methyl sites for hydroxylation is 1. The van der Waals surface area contributed by atoms with Crippen LogP contribution in [-0.2, 0) is 19.6 Å². The largest absolute Gasteiger partial charge is 0.369 e. The maximum absolute atomic E-state index is 13.6. The van der Waals surface area contributed by atoms with Gasteiger partial charge in [0.15, 0.2) is 0 Å². The van der Waals surface area contributed by atoms with Gasteiger partial charge in [0.05, 0.1) is 4.90 Å². The van der Waals surface area contributed by atoms with Gasteiger partial charge in [-0.3, -0.25) is 9.59 Å². The topological polar surface area (TPSA) is 118 Å². The summed E-state index contributed by atoms with van der Waals surface area (Å²) in [6, 6.07) is 6.84. The molecule has 1 aromatic rings. The van der Waals surface area contributed by atoms with Gasteiger partial charge < -0.3 is 11.1 Å². The first-order valence-corrected chi connectivity index (χ1v) is 13.3. The Kier molecular flexibility index (Phi) is 5.17. The lowest BCUT2D eigenvalue weighted by Crippen LogP contribution is -2.65. The molecule has 1 aromatic carbocycles. The number of amides is 2. The van der Waals surface area contributed by atoms with Crippen LogP contribution in [-0.4, -0.2) is 31.8 Å². The van der Waals surface area contributed by atoms with E-state index in [4.69, 9.17) is 5.73 Å². The molecule has 5 aliphatic carbocycles. The highest BCUT2D eigenvalue weighted by Crippen LogP contribution is 2.60. The number of sulfonamides is 1. The third-order valence-corrected chi connectivity index (χ3v) is 10.4. The summed E-state index contributed by atoms with van der Waals surface area (Å²) in [5, 5.41) is 3.27. The molecule has 5 saturated carbocycles. The second-order valence-corrected chi connectivity index (χ2v) is 12.4. The minimum atomic E-state index is -3.83. The molecule has 5 aliphatic rings. The third kappa shape index (κ3) is 3.46. The monoisotopic (exact) mass is 459 g/mol. The van der Waals surface area contributed by atoms with Crippen LogP contribution in [0.5, 0.6) is 0 Å². The van der Waals surface area contributed by atoms with E-state index in [0.717, 1.165) is 44.9 Å². The van der Waals surface area contributed by atoms with Crippen LogP contribution in [0.2, 0.25) is 0 Å². The average molecular weight is 460 g/mol. The van der Waals surface area contributed by atoms with Crippen LogP contribution < -0.4 is 15.8 Å². The second kappa shape index (κ2) is 7.55. The molecule has 6 rings (SSSR count). The Hall–Kier alpha value is -1.93. The molecule has 0 saturated heterocycles. The molecule has 4 N–H and O–H groups in total. The summed E-state index contributed by atoms with van der Waals surface area (Å²) >= 11 is 0. The van der Waals surface area contributed by atoms with E-state index in [-0.39, 0.29) is 34.6 Å². The van der Waals surface area contributed by atoms with Gasteiger partial charge in [-0.15, -0.1) is 0 Å². The van der Waals surface area contributed by atoms with Gasteiger partial charge in [0, 0.05) is 11.5 Å². The van der Waals surface area contributed by atoms with Crippen molar-refractivity contribution in [1.29, 1.82) is 0 Å². The van der Waals surface area contributed by atoms with E-state index in [1.807, 2.05) is 0 Å². The van der Waals surface area contributed by atoms with E-state index < -0.39 is 21.0 Å². The van der Waals surface area contributed by atoms with Gasteiger partial charge in [-0.25, -0.2) is 8.42 Å². The zero-order chi connectivity index (χ0) is 22.7. The molecular formula is C24H33N3O4S. The van der Waals surface area contributed by atoms with Crippen molar-refractivity contribution in [3.05, 3.63) is 29.8 Å².